The maximum absolute atomic E-state index is 5.40. The Kier molecular flexibility index (Phi) is 6.95. The minimum atomic E-state index is -2.04. The van der Waals surface area contributed by atoms with E-state index in [1.54, 1.807) is 0 Å². The summed E-state index contributed by atoms with van der Waals surface area (Å²) in [5.74, 6) is 0.782. The normalized spacial score (nSPS) is 13.0. The summed E-state index contributed by atoms with van der Waals surface area (Å²) >= 11 is 0. The Morgan fingerprint density at radius 3 is 1.79 bits per heavy atom. The molecule has 0 N–H and O–H groups in total. The average Bonchev–Trinajstić information content (AvgIpc) is 3.66. The highest BCUT2D eigenvalue weighted by atomic mass is 28.3. The van der Waals surface area contributed by atoms with Crippen LogP contribution in [-0.4, -0.2) is 22.6 Å². The third-order valence-corrected chi connectivity index (χ3v) is 14.1. The summed E-state index contributed by atoms with van der Waals surface area (Å²) in [6.45, 7) is 4.84. The van der Waals surface area contributed by atoms with Crippen LogP contribution in [0.25, 0.3) is 83.5 Å². The maximum Gasteiger partial charge on any atom is 0.159 e. The van der Waals surface area contributed by atoms with Crippen LogP contribution in [0.3, 0.4) is 0 Å². The Hall–Kier alpha value is -6.36. The first kappa shape index (κ1) is 30.5. The van der Waals surface area contributed by atoms with E-state index in [-0.39, 0.29) is 0 Å². The maximum atomic E-state index is 5.40. The van der Waals surface area contributed by atoms with Crippen LogP contribution >= 0.6 is 0 Å². The highest BCUT2D eigenvalue weighted by Gasteiger charge is 2.41. The van der Waals surface area contributed by atoms with E-state index in [0.29, 0.717) is 0 Å². The Balaban J connectivity index is 1.07. The van der Waals surface area contributed by atoms with Gasteiger partial charge in [0, 0.05) is 38.5 Å². The molecule has 0 unspecified atom stereocenters. The van der Waals surface area contributed by atoms with Crippen molar-refractivity contribution >= 4 is 40.4 Å². The highest BCUT2D eigenvalue weighted by Crippen LogP contribution is 2.38. The van der Waals surface area contributed by atoms with Gasteiger partial charge < -0.3 is 4.57 Å². The molecule has 0 fully saturated rings. The van der Waals surface area contributed by atoms with Crippen molar-refractivity contribution in [1.82, 2.24) is 14.5 Å². The molecule has 0 spiro atoms. The Morgan fingerprint density at radius 1 is 0.442 bits per heavy atom. The van der Waals surface area contributed by atoms with Crippen LogP contribution in [0, 0.1) is 0 Å². The van der Waals surface area contributed by atoms with Gasteiger partial charge in [0.2, 0.25) is 0 Å². The van der Waals surface area contributed by atoms with Crippen molar-refractivity contribution in [1.29, 1.82) is 0 Å². The van der Waals surface area contributed by atoms with Crippen molar-refractivity contribution in [3.63, 3.8) is 0 Å². The molecule has 0 aliphatic carbocycles. The van der Waals surface area contributed by atoms with E-state index in [4.69, 9.17) is 9.97 Å². The summed E-state index contributed by atoms with van der Waals surface area (Å²) in [7, 11) is -2.04. The van der Waals surface area contributed by atoms with Crippen LogP contribution in [0.4, 0.5) is 0 Å². The molecular weight excluding hydrogens is 647 g/mol. The van der Waals surface area contributed by atoms with E-state index >= 15 is 0 Å². The second-order valence-corrected chi connectivity index (χ2v) is 18.5. The predicted octanol–water partition coefficient (Wildman–Crippen LogP) is 11.0. The van der Waals surface area contributed by atoms with Gasteiger partial charge in [0.15, 0.2) is 5.82 Å². The summed E-state index contributed by atoms with van der Waals surface area (Å²) in [5, 5.41) is 5.16. The first-order valence-electron chi connectivity index (χ1n) is 17.9. The van der Waals surface area contributed by atoms with Crippen LogP contribution in [0.15, 0.2) is 176 Å². The molecule has 0 radical (unpaired) electrons. The SMILES string of the molecule is C[Si]1(C)c2ccccc2-c2c(-c3ccccc3)nc(-c3cccc(-c4cccc(-c5ccc6c(c5)c5ccccc5n6-c5ccccc5)c4)c3)nc21. The fourth-order valence-corrected chi connectivity index (χ4v) is 11.1. The van der Waals surface area contributed by atoms with E-state index in [0.717, 1.165) is 33.8 Å². The number of benzene rings is 7. The number of nitrogens with zero attached hydrogens (tertiary/aromatic N) is 3. The standard InChI is InChI=1S/C48H35N3Si/c1-52(2)44-26-12-10-24-40(44)45-46(32-15-5-3-6-16-32)49-47(50-48(45)52)37-20-14-19-35(30-37)33-17-13-18-34(29-33)36-27-28-43-41(31-36)39-23-9-11-25-42(39)51(43)38-21-7-4-8-22-38/h3-31H,1-2H3. The van der Waals surface area contributed by atoms with Gasteiger partial charge >= 0.3 is 0 Å². The van der Waals surface area contributed by atoms with Crippen molar-refractivity contribution in [2.75, 3.05) is 0 Å². The van der Waals surface area contributed by atoms with E-state index in [9.17, 15) is 0 Å². The zero-order valence-electron chi connectivity index (χ0n) is 29.1. The van der Waals surface area contributed by atoms with Crippen molar-refractivity contribution < 1.29 is 0 Å². The molecule has 52 heavy (non-hydrogen) atoms. The molecule has 1 aliphatic heterocycles. The number of hydrogen-bond acceptors (Lipinski definition) is 2. The number of aromatic nitrogens is 3. The monoisotopic (exact) mass is 681 g/mol. The van der Waals surface area contributed by atoms with Crippen molar-refractivity contribution in [2.24, 2.45) is 0 Å². The fourth-order valence-electron chi connectivity index (χ4n) is 8.20. The topological polar surface area (TPSA) is 30.7 Å². The largest absolute Gasteiger partial charge is 0.309 e. The van der Waals surface area contributed by atoms with Crippen LogP contribution in [-0.2, 0) is 0 Å². The minimum absolute atomic E-state index is 0.782. The van der Waals surface area contributed by atoms with Crippen LogP contribution in [0.1, 0.15) is 0 Å². The third kappa shape index (κ3) is 4.79. The second kappa shape index (κ2) is 11.9. The molecule has 4 heteroatoms. The summed E-state index contributed by atoms with van der Waals surface area (Å²) in [4.78, 5) is 10.7. The molecule has 0 amide bonds. The smallest absolute Gasteiger partial charge is 0.159 e. The predicted molar refractivity (Wildman–Crippen MR) is 220 cm³/mol. The quantitative estimate of drug-likeness (QED) is 0.169. The fraction of sp³-hybridized carbons (Fsp3) is 0.0417. The number of fused-ring (bicyclic) bond motifs is 6. The first-order chi connectivity index (χ1) is 25.5. The van der Waals surface area contributed by atoms with Gasteiger partial charge in [0.25, 0.3) is 0 Å². The third-order valence-electron chi connectivity index (χ3n) is 10.8. The molecule has 246 valence electrons. The molecule has 0 atom stereocenters. The molecule has 2 aromatic heterocycles. The molecule has 9 aromatic rings. The van der Waals surface area contributed by atoms with Gasteiger partial charge in [-0.15, -0.1) is 0 Å². The van der Waals surface area contributed by atoms with Gasteiger partial charge in [-0.1, -0.05) is 147 Å². The molecule has 0 saturated carbocycles. The number of rotatable bonds is 5. The molecule has 3 nitrogen and oxygen atoms in total. The van der Waals surface area contributed by atoms with Crippen molar-refractivity contribution in [3.05, 3.63) is 176 Å². The molecule has 0 bridgehead atoms. The average molecular weight is 682 g/mol. The molecule has 0 saturated heterocycles. The number of hydrogen-bond donors (Lipinski definition) is 0. The summed E-state index contributed by atoms with van der Waals surface area (Å²) in [5.41, 5.74) is 13.9. The lowest BCUT2D eigenvalue weighted by Crippen LogP contribution is -2.50. The second-order valence-electron chi connectivity index (χ2n) is 14.2. The van der Waals surface area contributed by atoms with Gasteiger partial charge in [-0.05, 0) is 75.5 Å². The highest BCUT2D eigenvalue weighted by molar-refractivity contribution is 7.03. The lowest BCUT2D eigenvalue weighted by Gasteiger charge is -2.19. The zero-order valence-corrected chi connectivity index (χ0v) is 30.1. The van der Waals surface area contributed by atoms with E-state index < -0.39 is 8.07 Å². The lowest BCUT2D eigenvalue weighted by molar-refractivity contribution is 1.18. The van der Waals surface area contributed by atoms with Crippen molar-refractivity contribution in [3.8, 4) is 61.7 Å². The summed E-state index contributed by atoms with van der Waals surface area (Å²) in [6.07, 6.45) is 0. The first-order valence-corrected chi connectivity index (χ1v) is 20.9. The van der Waals surface area contributed by atoms with E-state index in [1.807, 2.05) is 0 Å². The van der Waals surface area contributed by atoms with Gasteiger partial charge in [-0.25, -0.2) is 9.97 Å². The molecule has 7 aromatic carbocycles. The van der Waals surface area contributed by atoms with Gasteiger partial charge in [0.1, 0.15) is 8.07 Å². The van der Waals surface area contributed by atoms with Gasteiger partial charge in [0.05, 0.1) is 16.7 Å². The van der Waals surface area contributed by atoms with Gasteiger partial charge in [-0.2, -0.15) is 0 Å². The zero-order chi connectivity index (χ0) is 34.8. The Bertz CT molecular complexity index is 2820. The molecule has 3 heterocycles. The van der Waals surface area contributed by atoms with Crippen LogP contribution < -0.4 is 10.5 Å². The van der Waals surface area contributed by atoms with Crippen molar-refractivity contribution in [2.45, 2.75) is 13.1 Å². The molecular formula is C48H35N3Si. The summed E-state index contributed by atoms with van der Waals surface area (Å²) in [6, 6.07) is 63.3. The van der Waals surface area contributed by atoms with E-state index in [1.165, 1.54) is 60.3 Å². The number of para-hydroxylation sites is 2. The Labute approximate surface area is 304 Å². The minimum Gasteiger partial charge on any atom is -0.309 e. The van der Waals surface area contributed by atoms with Crippen LogP contribution in [0.2, 0.25) is 13.1 Å². The Morgan fingerprint density at radius 2 is 1.02 bits per heavy atom. The molecule has 10 rings (SSSR count). The van der Waals surface area contributed by atoms with E-state index in [2.05, 4.69) is 194 Å². The summed E-state index contributed by atoms with van der Waals surface area (Å²) < 4.78 is 2.36. The molecule has 1 aliphatic rings. The van der Waals surface area contributed by atoms with Gasteiger partial charge in [-0.3, -0.25) is 0 Å². The van der Waals surface area contributed by atoms with Crippen LogP contribution in [0.5, 0.6) is 0 Å². The lowest BCUT2D eigenvalue weighted by atomic mass is 9.96.